The average Bonchev–Trinajstić information content (AvgIpc) is 2.27. The molecule has 0 spiro atoms. The number of ether oxygens (including phenoxy) is 1. The van der Waals surface area contributed by atoms with Crippen molar-refractivity contribution >= 4 is 23.1 Å². The van der Waals surface area contributed by atoms with Crippen LogP contribution in [0.3, 0.4) is 0 Å². The molecule has 3 nitrogen and oxygen atoms in total. The summed E-state index contributed by atoms with van der Waals surface area (Å²) in [5.41, 5.74) is 1.31. The van der Waals surface area contributed by atoms with Crippen LogP contribution in [0.1, 0.15) is 12.5 Å². The van der Waals surface area contributed by atoms with Crippen molar-refractivity contribution in [3.63, 3.8) is 0 Å². The van der Waals surface area contributed by atoms with Crippen LogP contribution in [0.2, 0.25) is 5.02 Å². The van der Waals surface area contributed by atoms with Gasteiger partial charge in [0.15, 0.2) is 0 Å². The molecule has 0 radical (unpaired) electrons. The first-order chi connectivity index (χ1) is 8.04. The number of hydrogen-bond acceptors (Lipinski definition) is 3. The number of rotatable bonds is 4. The van der Waals surface area contributed by atoms with E-state index in [1.165, 1.54) is 0 Å². The van der Waals surface area contributed by atoms with E-state index in [2.05, 4.69) is 0 Å². The van der Waals surface area contributed by atoms with E-state index in [1.807, 2.05) is 14.1 Å². The van der Waals surface area contributed by atoms with Crippen molar-refractivity contribution in [1.29, 1.82) is 0 Å². The lowest BCUT2D eigenvalue weighted by atomic mass is 10.1. The molecule has 0 aromatic heterocycles. The first-order valence-corrected chi connectivity index (χ1v) is 5.73. The largest absolute Gasteiger partial charge is 0.462 e. The quantitative estimate of drug-likeness (QED) is 0.611. The molecule has 0 saturated heterocycles. The Morgan fingerprint density at radius 2 is 1.94 bits per heavy atom. The third-order valence-electron chi connectivity index (χ3n) is 2.04. The number of hydrogen-bond donors (Lipinski definition) is 0. The Bertz CT molecular complexity index is 410. The Hall–Kier alpha value is -1.48. The molecule has 0 aliphatic carbocycles. The van der Waals surface area contributed by atoms with Crippen molar-refractivity contribution < 1.29 is 9.53 Å². The summed E-state index contributed by atoms with van der Waals surface area (Å²) < 4.78 is 5.02. The fourth-order valence-corrected chi connectivity index (χ4v) is 1.47. The van der Waals surface area contributed by atoms with Crippen LogP contribution in [0.4, 0.5) is 0 Å². The lowest BCUT2D eigenvalue weighted by Gasteiger charge is -2.11. The molecule has 0 atom stereocenters. The van der Waals surface area contributed by atoms with E-state index in [-0.39, 0.29) is 5.97 Å². The van der Waals surface area contributed by atoms with E-state index >= 15 is 0 Å². The number of carbonyl (C=O) groups excluding carboxylic acids is 1. The van der Waals surface area contributed by atoms with Crippen LogP contribution in [0.25, 0.3) is 5.57 Å². The Balaban J connectivity index is 3.06. The van der Waals surface area contributed by atoms with Crippen molar-refractivity contribution in [2.75, 3.05) is 20.7 Å². The normalized spacial score (nSPS) is 11.2. The summed E-state index contributed by atoms with van der Waals surface area (Å²) in [6, 6.07) is 7.10. The lowest BCUT2D eigenvalue weighted by molar-refractivity contribution is -0.136. The van der Waals surface area contributed by atoms with Crippen LogP contribution >= 0.6 is 11.6 Å². The maximum Gasteiger partial charge on any atom is 0.340 e. The van der Waals surface area contributed by atoms with Gasteiger partial charge in [-0.15, -0.1) is 0 Å². The van der Waals surface area contributed by atoms with E-state index in [1.54, 1.807) is 42.3 Å². The van der Waals surface area contributed by atoms with Gasteiger partial charge >= 0.3 is 5.97 Å². The highest BCUT2D eigenvalue weighted by Crippen LogP contribution is 2.19. The molecule has 0 aliphatic rings. The second-order valence-corrected chi connectivity index (χ2v) is 4.17. The monoisotopic (exact) mass is 253 g/mol. The van der Waals surface area contributed by atoms with Crippen LogP contribution in [0, 0.1) is 0 Å². The van der Waals surface area contributed by atoms with Crippen LogP contribution in [-0.4, -0.2) is 31.6 Å². The topological polar surface area (TPSA) is 29.5 Å². The third-order valence-corrected chi connectivity index (χ3v) is 2.29. The van der Waals surface area contributed by atoms with Gasteiger partial charge in [0, 0.05) is 25.3 Å². The summed E-state index contributed by atoms with van der Waals surface area (Å²) in [5.74, 6) is -0.330. The van der Waals surface area contributed by atoms with Gasteiger partial charge in [0.05, 0.1) is 12.2 Å². The summed E-state index contributed by atoms with van der Waals surface area (Å²) in [6.07, 6.45) is 1.74. The average molecular weight is 254 g/mol. The van der Waals surface area contributed by atoms with Gasteiger partial charge in [-0.2, -0.15) is 0 Å². The first kappa shape index (κ1) is 13.6. The van der Waals surface area contributed by atoms with Gasteiger partial charge in [-0.25, -0.2) is 4.79 Å². The minimum atomic E-state index is -0.330. The number of nitrogens with zero attached hydrogens (tertiary/aromatic N) is 1. The summed E-state index contributed by atoms with van der Waals surface area (Å²) in [6.45, 7) is 2.14. The van der Waals surface area contributed by atoms with Crippen LogP contribution in [0.15, 0.2) is 30.5 Å². The molecule has 17 heavy (non-hydrogen) atoms. The smallest absolute Gasteiger partial charge is 0.340 e. The number of carbonyl (C=O) groups is 1. The highest BCUT2D eigenvalue weighted by molar-refractivity contribution is 6.30. The fourth-order valence-electron chi connectivity index (χ4n) is 1.34. The standard InChI is InChI=1S/C13H16ClNO2/c1-4-17-13(16)12(9-15(2)3)10-5-7-11(14)8-6-10/h5-9H,4H2,1-3H3. The van der Waals surface area contributed by atoms with E-state index in [0.29, 0.717) is 17.2 Å². The fraction of sp³-hybridized carbons (Fsp3) is 0.308. The summed E-state index contributed by atoms with van der Waals surface area (Å²) in [5, 5.41) is 0.641. The molecule has 0 heterocycles. The molecule has 0 N–H and O–H groups in total. The number of esters is 1. The molecule has 0 aliphatic heterocycles. The van der Waals surface area contributed by atoms with Crippen LogP contribution < -0.4 is 0 Å². The summed E-state index contributed by atoms with van der Waals surface area (Å²) in [7, 11) is 3.71. The van der Waals surface area contributed by atoms with E-state index in [4.69, 9.17) is 16.3 Å². The van der Waals surface area contributed by atoms with Gasteiger partial charge in [0.25, 0.3) is 0 Å². The third kappa shape index (κ3) is 4.11. The van der Waals surface area contributed by atoms with Gasteiger partial charge in [-0.05, 0) is 24.6 Å². The zero-order chi connectivity index (χ0) is 12.8. The minimum absolute atomic E-state index is 0.330. The highest BCUT2D eigenvalue weighted by atomic mass is 35.5. The van der Waals surface area contributed by atoms with Gasteiger partial charge in [-0.3, -0.25) is 0 Å². The molecule has 0 bridgehead atoms. The SMILES string of the molecule is CCOC(=O)C(=CN(C)C)c1ccc(Cl)cc1. The molecule has 1 aromatic carbocycles. The Kier molecular flexibility index (Phi) is 5.04. The van der Waals surface area contributed by atoms with Crippen LogP contribution in [0.5, 0.6) is 0 Å². The minimum Gasteiger partial charge on any atom is -0.462 e. The lowest BCUT2D eigenvalue weighted by Crippen LogP contribution is -2.11. The molecule has 4 heteroatoms. The van der Waals surface area contributed by atoms with Gasteiger partial charge in [0.2, 0.25) is 0 Å². The predicted octanol–water partition coefficient (Wildman–Crippen LogP) is 2.81. The summed E-state index contributed by atoms with van der Waals surface area (Å²) >= 11 is 5.82. The van der Waals surface area contributed by atoms with E-state index in [9.17, 15) is 4.79 Å². The Labute approximate surface area is 107 Å². The first-order valence-electron chi connectivity index (χ1n) is 5.36. The predicted molar refractivity (Wildman–Crippen MR) is 69.7 cm³/mol. The van der Waals surface area contributed by atoms with Crippen molar-refractivity contribution in [1.82, 2.24) is 4.90 Å². The van der Waals surface area contributed by atoms with E-state index < -0.39 is 0 Å². The zero-order valence-corrected chi connectivity index (χ0v) is 11.0. The molecule has 0 amide bonds. The van der Waals surface area contributed by atoms with Crippen LogP contribution in [-0.2, 0) is 9.53 Å². The second-order valence-electron chi connectivity index (χ2n) is 3.73. The molecular weight excluding hydrogens is 238 g/mol. The maximum absolute atomic E-state index is 11.8. The molecule has 0 unspecified atom stereocenters. The second kappa shape index (κ2) is 6.30. The van der Waals surface area contributed by atoms with E-state index in [0.717, 1.165) is 5.56 Å². The molecule has 1 rings (SSSR count). The molecule has 92 valence electrons. The molecule has 0 fully saturated rings. The van der Waals surface area contributed by atoms with Gasteiger partial charge in [0.1, 0.15) is 0 Å². The maximum atomic E-state index is 11.8. The Morgan fingerprint density at radius 1 is 1.35 bits per heavy atom. The van der Waals surface area contributed by atoms with Crippen molar-refractivity contribution in [2.45, 2.75) is 6.92 Å². The van der Waals surface area contributed by atoms with Gasteiger partial charge < -0.3 is 9.64 Å². The molecule has 1 aromatic rings. The number of benzene rings is 1. The van der Waals surface area contributed by atoms with Crippen molar-refractivity contribution in [3.8, 4) is 0 Å². The molecule has 0 saturated carbocycles. The highest BCUT2D eigenvalue weighted by Gasteiger charge is 2.13. The molecular formula is C13H16ClNO2. The van der Waals surface area contributed by atoms with Gasteiger partial charge in [-0.1, -0.05) is 23.7 Å². The summed E-state index contributed by atoms with van der Waals surface area (Å²) in [4.78, 5) is 13.6. The zero-order valence-electron chi connectivity index (χ0n) is 10.2. The van der Waals surface area contributed by atoms with Crippen molar-refractivity contribution in [3.05, 3.63) is 41.1 Å². The Morgan fingerprint density at radius 3 is 2.41 bits per heavy atom. The van der Waals surface area contributed by atoms with Crippen molar-refractivity contribution in [2.24, 2.45) is 0 Å². The number of halogens is 1.